The van der Waals surface area contributed by atoms with Crippen molar-refractivity contribution in [3.8, 4) is 0 Å². The summed E-state index contributed by atoms with van der Waals surface area (Å²) in [5.41, 5.74) is 6.81. The highest BCUT2D eigenvalue weighted by atomic mass is 16.3. The van der Waals surface area contributed by atoms with Crippen molar-refractivity contribution in [1.82, 2.24) is 5.32 Å². The molecule has 102 valence electrons. The number of amides is 1. The van der Waals surface area contributed by atoms with Gasteiger partial charge in [-0.1, -0.05) is 25.0 Å². The maximum absolute atomic E-state index is 11.9. The fourth-order valence-corrected chi connectivity index (χ4v) is 2.46. The van der Waals surface area contributed by atoms with Crippen LogP contribution in [0.1, 0.15) is 31.2 Å². The highest BCUT2D eigenvalue weighted by Gasteiger charge is 2.33. The molecule has 0 bridgehead atoms. The van der Waals surface area contributed by atoms with Gasteiger partial charge >= 0.3 is 0 Å². The van der Waals surface area contributed by atoms with Crippen molar-refractivity contribution in [2.75, 3.05) is 12.3 Å². The number of nitrogens with one attached hydrogen (secondary N) is 1. The Bertz CT molecular complexity index is 460. The first kappa shape index (κ1) is 13.6. The number of anilines is 1. The maximum Gasteiger partial charge on any atom is 0.244 e. The first-order valence-corrected chi connectivity index (χ1v) is 6.60. The number of carbonyl (C=O) groups excluding carboxylic acids is 1. The summed E-state index contributed by atoms with van der Waals surface area (Å²) < 4.78 is 0. The highest BCUT2D eigenvalue weighted by molar-refractivity contribution is 5.92. The normalized spacial score (nSPS) is 17.7. The summed E-state index contributed by atoms with van der Waals surface area (Å²) in [7, 11) is 0. The average Bonchev–Trinajstić information content (AvgIpc) is 2.87. The SMILES string of the molecule is Nc1ccc(/C=C/C(=O)NC2(CO)CCCC2)cc1. The molecule has 1 aromatic rings. The second kappa shape index (κ2) is 5.89. The summed E-state index contributed by atoms with van der Waals surface area (Å²) in [5.74, 6) is -0.159. The van der Waals surface area contributed by atoms with Crippen molar-refractivity contribution in [2.24, 2.45) is 0 Å². The molecule has 1 aromatic carbocycles. The van der Waals surface area contributed by atoms with E-state index in [2.05, 4.69) is 5.32 Å². The van der Waals surface area contributed by atoms with Crippen molar-refractivity contribution >= 4 is 17.7 Å². The average molecular weight is 260 g/mol. The third-order valence-corrected chi connectivity index (χ3v) is 3.62. The lowest BCUT2D eigenvalue weighted by atomic mass is 9.99. The van der Waals surface area contributed by atoms with Gasteiger partial charge in [-0.15, -0.1) is 0 Å². The molecule has 0 radical (unpaired) electrons. The summed E-state index contributed by atoms with van der Waals surface area (Å²) >= 11 is 0. The lowest BCUT2D eigenvalue weighted by molar-refractivity contribution is -0.118. The fourth-order valence-electron chi connectivity index (χ4n) is 2.46. The highest BCUT2D eigenvalue weighted by Crippen LogP contribution is 2.29. The number of hydrogen-bond acceptors (Lipinski definition) is 3. The van der Waals surface area contributed by atoms with Crippen LogP contribution in [0.2, 0.25) is 0 Å². The third kappa shape index (κ3) is 3.58. The summed E-state index contributed by atoms with van der Waals surface area (Å²) in [6.45, 7) is 0.00838. The zero-order valence-electron chi connectivity index (χ0n) is 10.9. The van der Waals surface area contributed by atoms with Gasteiger partial charge in [0, 0.05) is 11.8 Å². The van der Waals surface area contributed by atoms with Crippen molar-refractivity contribution in [2.45, 2.75) is 31.2 Å². The van der Waals surface area contributed by atoms with E-state index in [1.54, 1.807) is 18.2 Å². The second-order valence-corrected chi connectivity index (χ2v) is 5.13. The van der Waals surface area contributed by atoms with Crippen LogP contribution in [0.3, 0.4) is 0 Å². The van der Waals surface area contributed by atoms with Crippen molar-refractivity contribution in [3.63, 3.8) is 0 Å². The molecule has 1 saturated carbocycles. The zero-order valence-corrected chi connectivity index (χ0v) is 10.9. The van der Waals surface area contributed by atoms with Gasteiger partial charge in [-0.25, -0.2) is 0 Å². The molecule has 4 nitrogen and oxygen atoms in total. The van der Waals surface area contributed by atoms with Gasteiger partial charge in [0.2, 0.25) is 5.91 Å². The van der Waals surface area contributed by atoms with Crippen LogP contribution < -0.4 is 11.1 Å². The van der Waals surface area contributed by atoms with Gasteiger partial charge in [0.05, 0.1) is 12.1 Å². The van der Waals surface area contributed by atoms with Crippen LogP contribution in [0.5, 0.6) is 0 Å². The van der Waals surface area contributed by atoms with E-state index in [9.17, 15) is 9.90 Å². The van der Waals surface area contributed by atoms with E-state index in [1.807, 2.05) is 12.1 Å². The minimum Gasteiger partial charge on any atom is -0.399 e. The molecule has 0 spiro atoms. The maximum atomic E-state index is 11.9. The van der Waals surface area contributed by atoms with E-state index in [-0.39, 0.29) is 12.5 Å². The lowest BCUT2D eigenvalue weighted by Crippen LogP contribution is -2.48. The summed E-state index contributed by atoms with van der Waals surface area (Å²) in [4.78, 5) is 11.9. The Morgan fingerprint density at radius 1 is 1.32 bits per heavy atom. The molecule has 19 heavy (non-hydrogen) atoms. The Kier molecular flexibility index (Phi) is 4.22. The van der Waals surface area contributed by atoms with Crippen LogP contribution in [-0.2, 0) is 4.79 Å². The van der Waals surface area contributed by atoms with E-state index in [0.29, 0.717) is 5.69 Å². The Morgan fingerprint density at radius 3 is 2.53 bits per heavy atom. The Hall–Kier alpha value is -1.81. The number of aliphatic hydroxyl groups is 1. The van der Waals surface area contributed by atoms with E-state index >= 15 is 0 Å². The van der Waals surface area contributed by atoms with Crippen LogP contribution in [0.4, 0.5) is 5.69 Å². The molecule has 0 saturated heterocycles. The zero-order chi connectivity index (χ0) is 13.7. The number of carbonyl (C=O) groups is 1. The largest absolute Gasteiger partial charge is 0.399 e. The first-order chi connectivity index (χ1) is 9.13. The minimum atomic E-state index is -0.414. The number of hydrogen-bond donors (Lipinski definition) is 3. The summed E-state index contributed by atoms with van der Waals surface area (Å²) in [6.07, 6.45) is 7.07. The number of rotatable bonds is 4. The van der Waals surface area contributed by atoms with Gasteiger partial charge in [-0.3, -0.25) is 4.79 Å². The van der Waals surface area contributed by atoms with Crippen LogP contribution in [0.25, 0.3) is 6.08 Å². The predicted octanol–water partition coefficient (Wildman–Crippen LogP) is 1.70. The Labute approximate surface area is 113 Å². The van der Waals surface area contributed by atoms with Gasteiger partial charge in [0.1, 0.15) is 0 Å². The molecule has 0 aliphatic heterocycles. The summed E-state index contributed by atoms with van der Waals surface area (Å²) in [6, 6.07) is 7.31. The van der Waals surface area contributed by atoms with Crippen molar-refractivity contribution in [3.05, 3.63) is 35.9 Å². The van der Waals surface area contributed by atoms with E-state index in [4.69, 9.17) is 5.73 Å². The van der Waals surface area contributed by atoms with Crippen LogP contribution >= 0.6 is 0 Å². The lowest BCUT2D eigenvalue weighted by Gasteiger charge is -2.27. The van der Waals surface area contributed by atoms with Gasteiger partial charge in [-0.2, -0.15) is 0 Å². The smallest absolute Gasteiger partial charge is 0.244 e. The van der Waals surface area contributed by atoms with Gasteiger partial charge in [0.25, 0.3) is 0 Å². The quantitative estimate of drug-likeness (QED) is 0.570. The van der Waals surface area contributed by atoms with E-state index in [0.717, 1.165) is 31.2 Å². The third-order valence-electron chi connectivity index (χ3n) is 3.62. The van der Waals surface area contributed by atoms with Crippen LogP contribution in [0.15, 0.2) is 30.3 Å². The molecule has 1 aliphatic carbocycles. The van der Waals surface area contributed by atoms with Gasteiger partial charge in [-0.05, 0) is 36.6 Å². The molecule has 0 aromatic heterocycles. The Morgan fingerprint density at radius 2 is 1.95 bits per heavy atom. The number of benzene rings is 1. The first-order valence-electron chi connectivity index (χ1n) is 6.60. The van der Waals surface area contributed by atoms with Crippen molar-refractivity contribution in [1.29, 1.82) is 0 Å². The standard InChI is InChI=1S/C15H20N2O2/c16-13-6-3-12(4-7-13)5-8-14(19)17-15(11-18)9-1-2-10-15/h3-8,18H,1-2,9-11,16H2,(H,17,19)/b8-5+. The van der Waals surface area contributed by atoms with E-state index in [1.165, 1.54) is 6.08 Å². The fraction of sp³-hybridized carbons (Fsp3) is 0.400. The van der Waals surface area contributed by atoms with Gasteiger partial charge in [0.15, 0.2) is 0 Å². The molecular formula is C15H20N2O2. The molecule has 2 rings (SSSR count). The molecular weight excluding hydrogens is 240 g/mol. The summed E-state index contributed by atoms with van der Waals surface area (Å²) in [5, 5.41) is 12.4. The molecule has 1 fully saturated rings. The Balaban J connectivity index is 1.95. The molecule has 0 unspecified atom stereocenters. The van der Waals surface area contributed by atoms with E-state index < -0.39 is 5.54 Å². The molecule has 4 heteroatoms. The second-order valence-electron chi connectivity index (χ2n) is 5.13. The van der Waals surface area contributed by atoms with Crippen molar-refractivity contribution < 1.29 is 9.90 Å². The molecule has 0 heterocycles. The molecule has 1 amide bonds. The number of aliphatic hydroxyl groups excluding tert-OH is 1. The minimum absolute atomic E-state index is 0.00838. The predicted molar refractivity (Wildman–Crippen MR) is 76.3 cm³/mol. The molecule has 0 atom stereocenters. The monoisotopic (exact) mass is 260 g/mol. The van der Waals surface area contributed by atoms with Crippen LogP contribution in [-0.4, -0.2) is 23.2 Å². The van der Waals surface area contributed by atoms with Gasteiger partial charge < -0.3 is 16.2 Å². The molecule has 4 N–H and O–H groups in total. The topological polar surface area (TPSA) is 75.4 Å². The molecule has 1 aliphatic rings. The number of nitrogen functional groups attached to an aromatic ring is 1. The van der Waals surface area contributed by atoms with Crippen LogP contribution in [0, 0.1) is 0 Å². The number of nitrogens with two attached hydrogens (primary N) is 1.